The molecule has 5 heteroatoms. The number of benzene rings is 3. The number of hydrogen-bond donors (Lipinski definition) is 1. The Balaban J connectivity index is 1.83. The van der Waals surface area contributed by atoms with E-state index in [2.05, 4.69) is 30.4 Å². The normalized spacial score (nSPS) is 11.6. The van der Waals surface area contributed by atoms with Gasteiger partial charge in [0.15, 0.2) is 0 Å². The van der Waals surface area contributed by atoms with Crippen molar-refractivity contribution in [1.82, 2.24) is 10.2 Å². The Labute approximate surface area is 207 Å². The molecular weight excluding hydrogens is 440 g/mol. The van der Waals surface area contributed by atoms with E-state index in [1.54, 1.807) is 16.7 Å². The number of hydrogen-bond acceptors (Lipinski definition) is 3. The average Bonchev–Trinajstić information content (AvgIpc) is 2.83. The van der Waals surface area contributed by atoms with E-state index in [0.29, 0.717) is 25.3 Å². The van der Waals surface area contributed by atoms with E-state index in [4.69, 9.17) is 0 Å². The lowest BCUT2D eigenvalue weighted by atomic mass is 10.0. The average molecular weight is 475 g/mol. The molecule has 3 rings (SSSR count). The Hall–Kier alpha value is -3.05. The number of likely N-dealkylation sites (N-methyl/N-ethyl adjacent to an activating group) is 1. The van der Waals surface area contributed by atoms with Crippen molar-refractivity contribution >= 4 is 23.6 Å². The summed E-state index contributed by atoms with van der Waals surface area (Å²) in [5, 5.41) is 2.95. The molecule has 0 saturated heterocycles. The maximum atomic E-state index is 13.6. The Morgan fingerprint density at radius 2 is 1.62 bits per heavy atom. The molecule has 178 valence electrons. The number of carbonyl (C=O) groups is 2. The maximum absolute atomic E-state index is 13.6. The summed E-state index contributed by atoms with van der Waals surface area (Å²) in [6, 6.07) is 25.7. The Bertz CT molecular complexity index is 1080. The molecule has 0 saturated carbocycles. The quantitative estimate of drug-likeness (QED) is 0.410. The molecular formula is C29H34N2O2S. The zero-order chi connectivity index (χ0) is 24.3. The fourth-order valence-corrected chi connectivity index (χ4v) is 4.82. The SMILES string of the molecule is CCNC(=O)[C@H](Cc1ccccc1)N(Cc1ccccc1C)C(=O)CSCc1cccc(C)c1. The molecule has 0 bridgehead atoms. The molecule has 0 fully saturated rings. The molecule has 3 aromatic carbocycles. The van der Waals surface area contributed by atoms with Gasteiger partial charge in [0.1, 0.15) is 6.04 Å². The van der Waals surface area contributed by atoms with Gasteiger partial charge in [0.25, 0.3) is 0 Å². The van der Waals surface area contributed by atoms with Gasteiger partial charge >= 0.3 is 0 Å². The molecule has 1 atom stereocenters. The third-order valence-corrected chi connectivity index (χ3v) is 6.79. The highest BCUT2D eigenvalue weighted by Crippen LogP contribution is 2.20. The summed E-state index contributed by atoms with van der Waals surface area (Å²) in [5.74, 6) is 0.950. The fraction of sp³-hybridized carbons (Fsp3) is 0.310. The number of nitrogens with zero attached hydrogens (tertiary/aromatic N) is 1. The van der Waals surface area contributed by atoms with Crippen LogP contribution < -0.4 is 5.32 Å². The van der Waals surface area contributed by atoms with E-state index in [0.717, 1.165) is 22.4 Å². The van der Waals surface area contributed by atoms with Crippen LogP contribution in [0.2, 0.25) is 0 Å². The van der Waals surface area contributed by atoms with Crippen LogP contribution in [0.5, 0.6) is 0 Å². The monoisotopic (exact) mass is 474 g/mol. The molecule has 0 heterocycles. The summed E-state index contributed by atoms with van der Waals surface area (Å²) in [4.78, 5) is 28.5. The molecule has 0 aliphatic heterocycles. The minimum absolute atomic E-state index is 0.0203. The van der Waals surface area contributed by atoms with Crippen molar-refractivity contribution in [3.63, 3.8) is 0 Å². The molecule has 0 radical (unpaired) electrons. The van der Waals surface area contributed by atoms with Gasteiger partial charge in [0.2, 0.25) is 11.8 Å². The van der Waals surface area contributed by atoms with Gasteiger partial charge in [-0.3, -0.25) is 9.59 Å². The van der Waals surface area contributed by atoms with Crippen molar-refractivity contribution in [3.05, 3.63) is 107 Å². The first-order valence-corrected chi connectivity index (χ1v) is 12.9. The Kier molecular flexibility index (Phi) is 9.77. The number of rotatable bonds is 11. The van der Waals surface area contributed by atoms with Gasteiger partial charge in [0, 0.05) is 25.3 Å². The maximum Gasteiger partial charge on any atom is 0.243 e. The molecule has 2 amide bonds. The summed E-state index contributed by atoms with van der Waals surface area (Å²) in [5.41, 5.74) is 5.62. The van der Waals surface area contributed by atoms with E-state index in [1.807, 2.05) is 74.5 Å². The first-order chi connectivity index (χ1) is 16.5. The second kappa shape index (κ2) is 13.0. The first-order valence-electron chi connectivity index (χ1n) is 11.8. The lowest BCUT2D eigenvalue weighted by molar-refractivity contribution is -0.139. The van der Waals surface area contributed by atoms with Crippen LogP contribution in [0.3, 0.4) is 0 Å². The Morgan fingerprint density at radius 3 is 2.32 bits per heavy atom. The van der Waals surface area contributed by atoms with Crippen molar-refractivity contribution in [2.45, 2.75) is 45.5 Å². The van der Waals surface area contributed by atoms with Crippen molar-refractivity contribution in [2.24, 2.45) is 0 Å². The predicted octanol–water partition coefficient (Wildman–Crippen LogP) is 5.31. The summed E-state index contributed by atoms with van der Waals surface area (Å²) in [6.07, 6.45) is 0.479. The predicted molar refractivity (Wildman–Crippen MR) is 142 cm³/mol. The van der Waals surface area contributed by atoms with Crippen LogP contribution in [-0.4, -0.2) is 35.1 Å². The molecule has 0 aliphatic carbocycles. The van der Waals surface area contributed by atoms with Gasteiger partial charge in [-0.25, -0.2) is 0 Å². The number of nitrogens with one attached hydrogen (secondary N) is 1. The van der Waals surface area contributed by atoms with E-state index in [-0.39, 0.29) is 11.8 Å². The number of amides is 2. The largest absolute Gasteiger partial charge is 0.355 e. The van der Waals surface area contributed by atoms with E-state index in [9.17, 15) is 9.59 Å². The third kappa shape index (κ3) is 7.49. The van der Waals surface area contributed by atoms with Crippen molar-refractivity contribution in [1.29, 1.82) is 0 Å². The zero-order valence-electron chi connectivity index (χ0n) is 20.3. The highest BCUT2D eigenvalue weighted by atomic mass is 32.2. The number of aryl methyl sites for hydroxylation is 2. The molecule has 0 aliphatic rings. The second-order valence-electron chi connectivity index (χ2n) is 8.53. The molecule has 0 spiro atoms. The zero-order valence-corrected chi connectivity index (χ0v) is 21.1. The van der Waals surface area contributed by atoms with E-state index < -0.39 is 6.04 Å². The highest BCUT2D eigenvalue weighted by Gasteiger charge is 2.30. The van der Waals surface area contributed by atoms with Crippen LogP contribution in [0.15, 0.2) is 78.9 Å². The van der Waals surface area contributed by atoms with Gasteiger partial charge in [-0.15, -0.1) is 11.8 Å². The summed E-state index contributed by atoms with van der Waals surface area (Å²) in [7, 11) is 0. The van der Waals surface area contributed by atoms with E-state index >= 15 is 0 Å². The van der Waals surface area contributed by atoms with Crippen LogP contribution in [-0.2, 0) is 28.3 Å². The van der Waals surface area contributed by atoms with Crippen LogP contribution in [0.4, 0.5) is 0 Å². The van der Waals surface area contributed by atoms with E-state index in [1.165, 1.54) is 11.1 Å². The summed E-state index contributed by atoms with van der Waals surface area (Å²) in [6.45, 7) is 6.96. The molecule has 34 heavy (non-hydrogen) atoms. The highest BCUT2D eigenvalue weighted by molar-refractivity contribution is 7.99. The minimum Gasteiger partial charge on any atom is -0.355 e. The lowest BCUT2D eigenvalue weighted by Gasteiger charge is -2.32. The van der Waals surface area contributed by atoms with Gasteiger partial charge in [-0.1, -0.05) is 84.4 Å². The second-order valence-corrected chi connectivity index (χ2v) is 9.52. The molecule has 1 N–H and O–H groups in total. The van der Waals surface area contributed by atoms with Crippen LogP contribution >= 0.6 is 11.8 Å². The molecule has 0 unspecified atom stereocenters. The minimum atomic E-state index is -0.575. The van der Waals surface area contributed by atoms with Gasteiger partial charge in [0.05, 0.1) is 5.75 Å². The standard InChI is InChI=1S/C29H34N2O2S/c1-4-30-29(33)27(18-24-13-6-5-7-14-24)31(19-26-16-9-8-12-23(26)3)28(32)21-34-20-25-15-10-11-22(2)17-25/h5-17,27H,4,18-21H2,1-3H3,(H,30,33)/t27-/m0/s1. The van der Waals surface area contributed by atoms with Gasteiger partial charge < -0.3 is 10.2 Å². The third-order valence-electron chi connectivity index (χ3n) is 5.80. The van der Waals surface area contributed by atoms with Crippen LogP contribution in [0.1, 0.15) is 34.7 Å². The fourth-order valence-electron chi connectivity index (χ4n) is 3.96. The first kappa shape index (κ1) is 25.6. The number of thioether (sulfide) groups is 1. The van der Waals surface area contributed by atoms with Crippen molar-refractivity contribution < 1.29 is 9.59 Å². The smallest absolute Gasteiger partial charge is 0.243 e. The molecule has 0 aromatic heterocycles. The lowest BCUT2D eigenvalue weighted by Crippen LogP contribution is -2.51. The Morgan fingerprint density at radius 1 is 0.912 bits per heavy atom. The van der Waals surface area contributed by atoms with Gasteiger partial charge in [-0.05, 0) is 43.0 Å². The summed E-state index contributed by atoms with van der Waals surface area (Å²) >= 11 is 1.59. The topological polar surface area (TPSA) is 49.4 Å². The van der Waals surface area contributed by atoms with Crippen molar-refractivity contribution in [3.8, 4) is 0 Å². The molecule has 4 nitrogen and oxygen atoms in total. The van der Waals surface area contributed by atoms with Crippen LogP contribution in [0.25, 0.3) is 0 Å². The van der Waals surface area contributed by atoms with Crippen LogP contribution in [0, 0.1) is 13.8 Å². The van der Waals surface area contributed by atoms with Crippen molar-refractivity contribution in [2.75, 3.05) is 12.3 Å². The number of carbonyl (C=O) groups excluding carboxylic acids is 2. The van der Waals surface area contributed by atoms with Gasteiger partial charge in [-0.2, -0.15) is 0 Å². The summed E-state index contributed by atoms with van der Waals surface area (Å²) < 4.78 is 0. The molecule has 3 aromatic rings.